The summed E-state index contributed by atoms with van der Waals surface area (Å²) in [5.74, 6) is 1.97. The number of likely N-dealkylation sites (tertiary alicyclic amines) is 1. The van der Waals surface area contributed by atoms with E-state index >= 15 is 0 Å². The van der Waals surface area contributed by atoms with E-state index in [2.05, 4.69) is 65.6 Å². The van der Waals surface area contributed by atoms with Gasteiger partial charge in [0.25, 0.3) is 0 Å². The Morgan fingerprint density at radius 3 is 2.50 bits per heavy atom. The molecule has 2 N–H and O–H groups in total. The molecule has 0 bridgehead atoms. The summed E-state index contributed by atoms with van der Waals surface area (Å²) < 4.78 is 0. The van der Waals surface area contributed by atoms with Gasteiger partial charge in [-0.2, -0.15) is 0 Å². The first-order valence-electron chi connectivity index (χ1n) is 8.99. The molecular weight excluding hydrogens is 316 g/mol. The van der Waals surface area contributed by atoms with Gasteiger partial charge >= 0.3 is 0 Å². The smallest absolute Gasteiger partial charge is 0.191 e. The van der Waals surface area contributed by atoms with Crippen molar-refractivity contribution in [3.05, 3.63) is 29.8 Å². The van der Waals surface area contributed by atoms with Gasteiger partial charge < -0.3 is 15.5 Å². The van der Waals surface area contributed by atoms with E-state index in [1.165, 1.54) is 36.4 Å². The van der Waals surface area contributed by atoms with Crippen LogP contribution < -0.4 is 10.6 Å². The first kappa shape index (κ1) is 19.1. The molecule has 0 amide bonds. The first-order valence-corrected chi connectivity index (χ1v) is 9.97. The molecule has 5 heteroatoms. The Morgan fingerprint density at radius 1 is 1.25 bits per heavy atom. The molecule has 134 valence electrons. The van der Waals surface area contributed by atoms with E-state index in [1.54, 1.807) is 0 Å². The molecule has 0 radical (unpaired) electrons. The third kappa shape index (κ3) is 6.36. The van der Waals surface area contributed by atoms with Crippen LogP contribution >= 0.6 is 11.8 Å². The molecule has 1 saturated heterocycles. The van der Waals surface area contributed by atoms with Crippen LogP contribution in [-0.2, 0) is 0 Å². The fourth-order valence-electron chi connectivity index (χ4n) is 2.92. The van der Waals surface area contributed by atoms with E-state index in [0.29, 0.717) is 12.1 Å². The molecular formula is C19H32N4S. The Morgan fingerprint density at radius 2 is 1.92 bits per heavy atom. The molecule has 4 nitrogen and oxygen atoms in total. The van der Waals surface area contributed by atoms with Crippen molar-refractivity contribution >= 4 is 17.7 Å². The van der Waals surface area contributed by atoms with Crippen molar-refractivity contribution in [1.82, 2.24) is 15.5 Å². The molecule has 1 heterocycles. The van der Waals surface area contributed by atoms with E-state index in [-0.39, 0.29) is 0 Å². The lowest BCUT2D eigenvalue weighted by molar-refractivity contribution is 0.167. The van der Waals surface area contributed by atoms with Crippen molar-refractivity contribution in [3.8, 4) is 0 Å². The SMILES string of the molecule is CN=C(NCCSc1ccc(C)cc1)NC1CCN(C(C)C)CC1. The molecule has 1 aliphatic rings. The number of hydrogen-bond acceptors (Lipinski definition) is 3. The van der Waals surface area contributed by atoms with Gasteiger partial charge in [0.1, 0.15) is 0 Å². The monoisotopic (exact) mass is 348 g/mol. The van der Waals surface area contributed by atoms with Crippen LogP contribution in [0.15, 0.2) is 34.2 Å². The average molecular weight is 349 g/mol. The molecule has 0 aliphatic carbocycles. The average Bonchev–Trinajstić information content (AvgIpc) is 2.59. The van der Waals surface area contributed by atoms with Crippen LogP contribution in [0.3, 0.4) is 0 Å². The fraction of sp³-hybridized carbons (Fsp3) is 0.632. The Bertz CT molecular complexity index is 505. The van der Waals surface area contributed by atoms with E-state index in [4.69, 9.17) is 0 Å². The van der Waals surface area contributed by atoms with Gasteiger partial charge in [-0.15, -0.1) is 11.8 Å². The van der Waals surface area contributed by atoms with Crippen LogP contribution in [0.5, 0.6) is 0 Å². The zero-order valence-corrected chi connectivity index (χ0v) is 16.3. The highest BCUT2D eigenvalue weighted by Crippen LogP contribution is 2.17. The third-order valence-corrected chi connectivity index (χ3v) is 5.52. The van der Waals surface area contributed by atoms with Crippen molar-refractivity contribution in [2.24, 2.45) is 4.99 Å². The zero-order chi connectivity index (χ0) is 17.4. The summed E-state index contributed by atoms with van der Waals surface area (Å²) in [6.07, 6.45) is 2.38. The van der Waals surface area contributed by atoms with Gasteiger partial charge in [0.15, 0.2) is 5.96 Å². The van der Waals surface area contributed by atoms with Crippen molar-refractivity contribution in [3.63, 3.8) is 0 Å². The summed E-state index contributed by atoms with van der Waals surface area (Å²) in [7, 11) is 1.85. The zero-order valence-electron chi connectivity index (χ0n) is 15.5. The van der Waals surface area contributed by atoms with Crippen LogP contribution in [-0.4, -0.2) is 55.4 Å². The first-order chi connectivity index (χ1) is 11.6. The van der Waals surface area contributed by atoms with Crippen LogP contribution in [0.1, 0.15) is 32.3 Å². The number of guanidine groups is 1. The number of piperidine rings is 1. The molecule has 1 aromatic rings. The summed E-state index contributed by atoms with van der Waals surface area (Å²) in [6.45, 7) is 9.95. The molecule has 2 rings (SSSR count). The maximum absolute atomic E-state index is 4.36. The number of thioether (sulfide) groups is 1. The van der Waals surface area contributed by atoms with Gasteiger partial charge in [-0.1, -0.05) is 17.7 Å². The Balaban J connectivity index is 1.65. The van der Waals surface area contributed by atoms with Crippen molar-refractivity contribution in [2.45, 2.75) is 50.6 Å². The summed E-state index contributed by atoms with van der Waals surface area (Å²) in [5.41, 5.74) is 1.31. The number of aryl methyl sites for hydroxylation is 1. The molecule has 0 aromatic heterocycles. The maximum atomic E-state index is 4.36. The van der Waals surface area contributed by atoms with E-state index in [9.17, 15) is 0 Å². The second-order valence-corrected chi connectivity index (χ2v) is 7.88. The Kier molecular flexibility index (Phi) is 7.92. The molecule has 1 fully saturated rings. The van der Waals surface area contributed by atoms with E-state index in [1.807, 2.05) is 18.8 Å². The standard InChI is InChI=1S/C19H32N4S/c1-15(2)23-12-9-17(10-13-23)22-19(20-4)21-11-14-24-18-7-5-16(3)6-8-18/h5-8,15,17H,9-14H2,1-4H3,(H2,20,21,22). The minimum atomic E-state index is 0.538. The number of hydrogen-bond donors (Lipinski definition) is 2. The lowest BCUT2D eigenvalue weighted by Gasteiger charge is -2.35. The van der Waals surface area contributed by atoms with Gasteiger partial charge in [0.05, 0.1) is 0 Å². The van der Waals surface area contributed by atoms with Gasteiger partial charge in [-0.3, -0.25) is 4.99 Å². The van der Waals surface area contributed by atoms with Crippen LogP contribution in [0.25, 0.3) is 0 Å². The molecule has 1 aromatic carbocycles. The summed E-state index contributed by atoms with van der Waals surface area (Å²) in [6, 6.07) is 9.91. The highest BCUT2D eigenvalue weighted by Gasteiger charge is 2.21. The fourth-order valence-corrected chi connectivity index (χ4v) is 3.69. The molecule has 0 unspecified atom stereocenters. The van der Waals surface area contributed by atoms with Gasteiger partial charge in [-0.05, 0) is 45.7 Å². The van der Waals surface area contributed by atoms with Crippen molar-refractivity contribution < 1.29 is 0 Å². The van der Waals surface area contributed by atoms with Crippen LogP contribution in [0.4, 0.5) is 0 Å². The molecule has 0 atom stereocenters. The third-order valence-electron chi connectivity index (χ3n) is 4.51. The number of nitrogens with one attached hydrogen (secondary N) is 2. The largest absolute Gasteiger partial charge is 0.356 e. The van der Waals surface area contributed by atoms with Crippen molar-refractivity contribution in [2.75, 3.05) is 32.4 Å². The minimum Gasteiger partial charge on any atom is -0.356 e. The highest BCUT2D eigenvalue weighted by atomic mass is 32.2. The number of rotatable bonds is 6. The number of aliphatic imine (C=N–C) groups is 1. The number of nitrogens with zero attached hydrogens (tertiary/aromatic N) is 2. The lowest BCUT2D eigenvalue weighted by Crippen LogP contribution is -2.50. The summed E-state index contributed by atoms with van der Waals surface area (Å²) in [4.78, 5) is 8.24. The van der Waals surface area contributed by atoms with Gasteiger partial charge in [0, 0.05) is 49.4 Å². The van der Waals surface area contributed by atoms with E-state index in [0.717, 1.165) is 18.3 Å². The normalized spacial score (nSPS) is 17.3. The predicted molar refractivity (Wildman–Crippen MR) is 106 cm³/mol. The Labute approximate surface area is 151 Å². The summed E-state index contributed by atoms with van der Waals surface area (Å²) >= 11 is 1.88. The van der Waals surface area contributed by atoms with Gasteiger partial charge in [0.2, 0.25) is 0 Å². The molecule has 1 aliphatic heterocycles. The predicted octanol–water partition coefficient (Wildman–Crippen LogP) is 3.12. The topological polar surface area (TPSA) is 39.7 Å². The van der Waals surface area contributed by atoms with Crippen molar-refractivity contribution in [1.29, 1.82) is 0 Å². The second kappa shape index (κ2) is 9.94. The molecule has 0 spiro atoms. The lowest BCUT2D eigenvalue weighted by atomic mass is 10.0. The summed E-state index contributed by atoms with van der Waals surface area (Å²) in [5, 5.41) is 7.01. The van der Waals surface area contributed by atoms with Crippen LogP contribution in [0.2, 0.25) is 0 Å². The number of benzene rings is 1. The van der Waals surface area contributed by atoms with Crippen LogP contribution in [0, 0.1) is 6.92 Å². The van der Waals surface area contributed by atoms with E-state index < -0.39 is 0 Å². The quantitative estimate of drug-likeness (QED) is 0.359. The second-order valence-electron chi connectivity index (χ2n) is 6.71. The minimum absolute atomic E-state index is 0.538. The Hall–Kier alpha value is -1.20. The molecule has 0 saturated carbocycles. The maximum Gasteiger partial charge on any atom is 0.191 e. The highest BCUT2D eigenvalue weighted by molar-refractivity contribution is 7.99. The molecule has 24 heavy (non-hydrogen) atoms. The van der Waals surface area contributed by atoms with Gasteiger partial charge in [-0.25, -0.2) is 0 Å².